The number of carbonyl (C=O) groups excluding carboxylic acids is 1. The van der Waals surface area contributed by atoms with Crippen molar-refractivity contribution in [1.29, 1.82) is 0 Å². The van der Waals surface area contributed by atoms with Crippen molar-refractivity contribution in [2.24, 2.45) is 0 Å². The SMILES string of the molecule is O=C(CSc1nnc(-c2ccc(F)c(F)c2)c(=O)[nH]1)Nc1ccc(F)c(F)c1. The summed E-state index contributed by atoms with van der Waals surface area (Å²) in [7, 11) is 0. The van der Waals surface area contributed by atoms with Gasteiger partial charge in [-0.2, -0.15) is 0 Å². The van der Waals surface area contributed by atoms with Crippen LogP contribution < -0.4 is 10.9 Å². The van der Waals surface area contributed by atoms with Gasteiger partial charge in [-0.05, 0) is 30.3 Å². The molecule has 1 aromatic heterocycles. The highest BCUT2D eigenvalue weighted by Crippen LogP contribution is 2.18. The number of benzene rings is 2. The summed E-state index contributed by atoms with van der Waals surface area (Å²) >= 11 is 0.836. The first-order valence-corrected chi connectivity index (χ1v) is 8.62. The van der Waals surface area contributed by atoms with Gasteiger partial charge in [-0.25, -0.2) is 17.6 Å². The molecule has 0 aliphatic rings. The first kappa shape index (κ1) is 19.5. The third kappa shape index (κ3) is 4.55. The molecule has 1 amide bonds. The fourth-order valence-electron chi connectivity index (χ4n) is 2.12. The average molecular weight is 410 g/mol. The van der Waals surface area contributed by atoms with Gasteiger partial charge < -0.3 is 5.32 Å². The molecule has 2 aromatic carbocycles. The molecule has 0 spiro atoms. The Hall–Kier alpha value is -3.21. The third-order valence-corrected chi connectivity index (χ3v) is 4.28. The Morgan fingerprint density at radius 2 is 1.64 bits per heavy atom. The fraction of sp³-hybridized carbons (Fsp3) is 0.0588. The van der Waals surface area contributed by atoms with Gasteiger partial charge in [-0.1, -0.05) is 11.8 Å². The molecule has 3 rings (SSSR count). The van der Waals surface area contributed by atoms with Gasteiger partial charge in [0.2, 0.25) is 5.91 Å². The van der Waals surface area contributed by atoms with E-state index in [1.807, 2.05) is 0 Å². The zero-order valence-corrected chi connectivity index (χ0v) is 14.6. The number of aromatic nitrogens is 3. The number of halogens is 4. The molecule has 0 aliphatic carbocycles. The smallest absolute Gasteiger partial charge is 0.278 e. The standard InChI is InChI=1S/C17H10F4N4O2S/c18-10-3-1-8(5-12(10)20)15-16(27)23-17(25-24-15)28-7-14(26)22-9-2-4-11(19)13(21)6-9/h1-6H,7H2,(H,22,26)(H,23,25,27). The number of rotatable bonds is 5. The van der Waals surface area contributed by atoms with E-state index in [-0.39, 0.29) is 27.9 Å². The second kappa shape index (κ2) is 8.21. The molecule has 0 aliphatic heterocycles. The molecule has 0 atom stereocenters. The molecule has 0 bridgehead atoms. The topological polar surface area (TPSA) is 87.7 Å². The van der Waals surface area contributed by atoms with E-state index in [1.54, 1.807) is 0 Å². The summed E-state index contributed by atoms with van der Waals surface area (Å²) in [5.41, 5.74) is -0.808. The van der Waals surface area contributed by atoms with Crippen molar-refractivity contribution in [2.45, 2.75) is 5.16 Å². The van der Waals surface area contributed by atoms with Gasteiger partial charge in [0.25, 0.3) is 5.56 Å². The van der Waals surface area contributed by atoms with Crippen molar-refractivity contribution in [3.05, 3.63) is 70.0 Å². The molecule has 0 saturated heterocycles. The molecule has 144 valence electrons. The zero-order valence-electron chi connectivity index (χ0n) is 13.8. The number of amides is 1. The van der Waals surface area contributed by atoms with Crippen molar-refractivity contribution in [1.82, 2.24) is 15.2 Å². The van der Waals surface area contributed by atoms with E-state index in [2.05, 4.69) is 20.5 Å². The average Bonchev–Trinajstić information content (AvgIpc) is 2.65. The Balaban J connectivity index is 1.65. The monoisotopic (exact) mass is 410 g/mol. The Morgan fingerprint density at radius 3 is 2.29 bits per heavy atom. The molecule has 0 saturated carbocycles. The van der Waals surface area contributed by atoms with Crippen molar-refractivity contribution in [3.63, 3.8) is 0 Å². The highest BCUT2D eigenvalue weighted by Gasteiger charge is 2.12. The number of H-pyrrole nitrogens is 1. The number of hydrogen-bond donors (Lipinski definition) is 2. The fourth-order valence-corrected chi connectivity index (χ4v) is 2.73. The summed E-state index contributed by atoms with van der Waals surface area (Å²) in [5.74, 6) is -5.09. The largest absolute Gasteiger partial charge is 0.325 e. The Labute approximate surface area is 159 Å². The number of nitrogens with zero attached hydrogens (tertiary/aromatic N) is 2. The van der Waals surface area contributed by atoms with Crippen molar-refractivity contribution < 1.29 is 22.4 Å². The van der Waals surface area contributed by atoms with Crippen LogP contribution in [0.15, 0.2) is 46.3 Å². The van der Waals surface area contributed by atoms with E-state index in [9.17, 15) is 27.2 Å². The van der Waals surface area contributed by atoms with E-state index in [1.165, 1.54) is 12.1 Å². The van der Waals surface area contributed by atoms with Crippen molar-refractivity contribution >= 4 is 23.4 Å². The van der Waals surface area contributed by atoms with E-state index in [0.29, 0.717) is 0 Å². The van der Waals surface area contributed by atoms with Gasteiger partial charge in [-0.15, -0.1) is 10.2 Å². The lowest BCUT2D eigenvalue weighted by molar-refractivity contribution is -0.113. The van der Waals surface area contributed by atoms with Crippen LogP contribution in [0.25, 0.3) is 11.3 Å². The summed E-state index contributed by atoms with van der Waals surface area (Å²) < 4.78 is 52.2. The normalized spacial score (nSPS) is 10.7. The van der Waals surface area contributed by atoms with E-state index >= 15 is 0 Å². The Bertz CT molecular complexity index is 1110. The van der Waals surface area contributed by atoms with Crippen molar-refractivity contribution in [3.8, 4) is 11.3 Å². The van der Waals surface area contributed by atoms with Gasteiger partial charge in [0.05, 0.1) is 5.75 Å². The van der Waals surface area contributed by atoms with Crippen LogP contribution in [-0.2, 0) is 4.79 Å². The number of aromatic amines is 1. The second-order valence-electron chi connectivity index (χ2n) is 5.40. The molecule has 0 fully saturated rings. The molecule has 3 aromatic rings. The number of anilines is 1. The molecule has 0 unspecified atom stereocenters. The minimum Gasteiger partial charge on any atom is -0.325 e. The lowest BCUT2D eigenvalue weighted by Gasteiger charge is -2.05. The summed E-state index contributed by atoms with van der Waals surface area (Å²) in [6.45, 7) is 0. The lowest BCUT2D eigenvalue weighted by Crippen LogP contribution is -2.17. The first-order valence-electron chi connectivity index (χ1n) is 7.63. The van der Waals surface area contributed by atoms with Gasteiger partial charge in [0.1, 0.15) is 0 Å². The molecular weight excluding hydrogens is 400 g/mol. The minimum atomic E-state index is -1.13. The number of hydrogen-bond acceptors (Lipinski definition) is 5. The number of thioether (sulfide) groups is 1. The highest BCUT2D eigenvalue weighted by molar-refractivity contribution is 7.99. The van der Waals surface area contributed by atoms with Gasteiger partial charge >= 0.3 is 0 Å². The predicted octanol–water partition coefficient (Wildman–Crippen LogP) is 3.12. The highest BCUT2D eigenvalue weighted by atomic mass is 32.2. The van der Waals surface area contributed by atoms with Crippen LogP contribution in [0.4, 0.5) is 23.2 Å². The Morgan fingerprint density at radius 1 is 0.964 bits per heavy atom. The maximum atomic E-state index is 13.3. The molecular formula is C17H10F4N4O2S. The van der Waals surface area contributed by atoms with Crippen LogP contribution in [0.1, 0.15) is 0 Å². The number of carbonyl (C=O) groups is 1. The predicted molar refractivity (Wildman–Crippen MR) is 93.7 cm³/mol. The van der Waals surface area contributed by atoms with E-state index in [4.69, 9.17) is 0 Å². The van der Waals surface area contributed by atoms with Crippen LogP contribution in [0.5, 0.6) is 0 Å². The van der Waals surface area contributed by atoms with Crippen LogP contribution in [0, 0.1) is 23.3 Å². The maximum absolute atomic E-state index is 13.3. The summed E-state index contributed by atoms with van der Waals surface area (Å²) in [6.07, 6.45) is 0. The minimum absolute atomic E-state index is 0.0109. The second-order valence-corrected chi connectivity index (χ2v) is 6.37. The lowest BCUT2D eigenvalue weighted by atomic mass is 10.1. The van der Waals surface area contributed by atoms with Crippen LogP contribution in [-0.4, -0.2) is 26.8 Å². The summed E-state index contributed by atoms with van der Waals surface area (Å²) in [6, 6.07) is 5.75. The molecule has 28 heavy (non-hydrogen) atoms. The number of nitrogens with one attached hydrogen (secondary N) is 2. The quantitative estimate of drug-likeness (QED) is 0.499. The summed E-state index contributed by atoms with van der Waals surface area (Å²) in [4.78, 5) is 26.3. The van der Waals surface area contributed by atoms with Crippen LogP contribution in [0.2, 0.25) is 0 Å². The van der Waals surface area contributed by atoms with Crippen LogP contribution >= 0.6 is 11.8 Å². The van der Waals surface area contributed by atoms with E-state index < -0.39 is 34.7 Å². The van der Waals surface area contributed by atoms with Gasteiger partial charge in [-0.3, -0.25) is 14.6 Å². The van der Waals surface area contributed by atoms with E-state index in [0.717, 1.165) is 36.0 Å². The van der Waals surface area contributed by atoms with Crippen LogP contribution in [0.3, 0.4) is 0 Å². The molecule has 0 radical (unpaired) electrons. The van der Waals surface area contributed by atoms with Crippen molar-refractivity contribution in [2.75, 3.05) is 11.1 Å². The first-order chi connectivity index (χ1) is 13.3. The Kier molecular flexibility index (Phi) is 5.73. The maximum Gasteiger partial charge on any atom is 0.278 e. The molecule has 1 heterocycles. The molecule has 6 nitrogen and oxygen atoms in total. The van der Waals surface area contributed by atoms with Gasteiger partial charge in [0, 0.05) is 17.3 Å². The zero-order chi connectivity index (χ0) is 20.3. The molecule has 2 N–H and O–H groups in total. The molecule has 11 heteroatoms. The third-order valence-electron chi connectivity index (χ3n) is 3.41. The van der Waals surface area contributed by atoms with Gasteiger partial charge in [0.15, 0.2) is 34.1 Å². The summed E-state index contributed by atoms with van der Waals surface area (Å²) in [5, 5.41) is 9.77.